The van der Waals surface area contributed by atoms with E-state index in [0.29, 0.717) is 10.6 Å². The number of carbonyl (C=O) groups is 2. The highest BCUT2D eigenvalue weighted by Gasteiger charge is 2.13. The summed E-state index contributed by atoms with van der Waals surface area (Å²) in [6, 6.07) is 11.3. The number of rotatable bonds is 6. The Morgan fingerprint density at radius 2 is 1.50 bits per heavy atom. The van der Waals surface area contributed by atoms with E-state index in [1.807, 2.05) is 0 Å². The topological polar surface area (TPSA) is 134 Å². The van der Waals surface area contributed by atoms with Crippen molar-refractivity contribution < 1.29 is 9.59 Å². The van der Waals surface area contributed by atoms with Crippen molar-refractivity contribution in [1.82, 2.24) is 20.8 Å². The zero-order chi connectivity index (χ0) is 21.7. The Bertz CT molecular complexity index is 1100. The van der Waals surface area contributed by atoms with E-state index in [4.69, 9.17) is 28.9 Å². The van der Waals surface area contributed by atoms with Gasteiger partial charge in [-0.3, -0.25) is 31.3 Å². The highest BCUT2D eigenvalue weighted by atomic mass is 79.9. The van der Waals surface area contributed by atoms with Gasteiger partial charge in [-0.25, -0.2) is 9.97 Å². The number of nitrogens with two attached hydrogens (primary N) is 1. The van der Waals surface area contributed by atoms with Crippen LogP contribution in [0.4, 0.5) is 17.3 Å². The predicted octanol–water partition coefficient (Wildman–Crippen LogP) is 3.64. The molecule has 3 aromatic rings. The zero-order valence-corrected chi connectivity index (χ0v) is 18.1. The van der Waals surface area contributed by atoms with Crippen LogP contribution in [0.5, 0.6) is 0 Å². The van der Waals surface area contributed by atoms with Crippen molar-refractivity contribution in [2.45, 2.75) is 0 Å². The Labute approximate surface area is 189 Å². The Balaban J connectivity index is 1.63. The number of nitrogens with zero attached hydrogens (tertiary/aromatic N) is 2. The van der Waals surface area contributed by atoms with Crippen LogP contribution in [0.15, 0.2) is 53.3 Å². The van der Waals surface area contributed by atoms with E-state index in [2.05, 4.69) is 47.6 Å². The lowest BCUT2D eigenvalue weighted by Gasteiger charge is -2.14. The molecule has 2 aromatic carbocycles. The molecule has 0 unspecified atom stereocenters. The van der Waals surface area contributed by atoms with Gasteiger partial charge in [-0.2, -0.15) is 0 Å². The minimum absolute atomic E-state index is 0.0658. The Morgan fingerprint density at radius 3 is 2.10 bits per heavy atom. The lowest BCUT2D eigenvalue weighted by atomic mass is 10.2. The molecule has 0 saturated carbocycles. The number of halogens is 3. The Morgan fingerprint density at radius 1 is 0.900 bits per heavy atom. The zero-order valence-electron chi connectivity index (χ0n) is 15.0. The first-order valence-electron chi connectivity index (χ1n) is 8.29. The highest BCUT2D eigenvalue weighted by molar-refractivity contribution is 9.10. The molecule has 2 amide bonds. The maximum Gasteiger partial charge on any atom is 0.271 e. The molecule has 12 heteroatoms. The number of anilines is 3. The number of amides is 2. The van der Waals surface area contributed by atoms with Crippen LogP contribution in [0.25, 0.3) is 0 Å². The molecular weight excluding hydrogens is 497 g/mol. The molecule has 1 aromatic heterocycles. The number of benzene rings is 2. The summed E-state index contributed by atoms with van der Waals surface area (Å²) in [4.78, 5) is 32.4. The Kier molecular flexibility index (Phi) is 6.93. The third kappa shape index (κ3) is 5.29. The van der Waals surface area contributed by atoms with Crippen LogP contribution >= 0.6 is 39.1 Å². The van der Waals surface area contributed by atoms with Gasteiger partial charge < -0.3 is 5.73 Å². The normalized spacial score (nSPS) is 10.2. The van der Waals surface area contributed by atoms with Crippen molar-refractivity contribution in [3.05, 3.63) is 74.4 Å². The van der Waals surface area contributed by atoms with Gasteiger partial charge in [0.25, 0.3) is 11.8 Å². The second kappa shape index (κ2) is 9.61. The molecular formula is C18H14BrCl2N7O2. The number of hydrogen-bond acceptors (Lipinski definition) is 7. The van der Waals surface area contributed by atoms with Crippen LogP contribution in [0, 0.1) is 0 Å². The predicted molar refractivity (Wildman–Crippen MR) is 119 cm³/mol. The maximum absolute atomic E-state index is 12.3. The van der Waals surface area contributed by atoms with Gasteiger partial charge in [0.05, 0.1) is 10.6 Å². The number of nitrogens with one attached hydrogen (secondary N) is 4. The van der Waals surface area contributed by atoms with Gasteiger partial charge in [-0.15, -0.1) is 0 Å². The summed E-state index contributed by atoms with van der Waals surface area (Å²) in [7, 11) is 0. The summed E-state index contributed by atoms with van der Waals surface area (Å²) < 4.78 is 0.852. The molecule has 6 N–H and O–H groups in total. The van der Waals surface area contributed by atoms with Gasteiger partial charge in [0.1, 0.15) is 12.0 Å². The maximum atomic E-state index is 12.3. The van der Waals surface area contributed by atoms with Gasteiger partial charge >= 0.3 is 0 Å². The number of aromatic nitrogens is 2. The largest absolute Gasteiger partial charge is 0.393 e. The quantitative estimate of drug-likeness (QED) is 0.319. The van der Waals surface area contributed by atoms with Crippen LogP contribution in [-0.2, 0) is 0 Å². The smallest absolute Gasteiger partial charge is 0.271 e. The van der Waals surface area contributed by atoms with Crippen molar-refractivity contribution >= 4 is 68.3 Å². The fourth-order valence-corrected chi connectivity index (χ4v) is 3.00. The van der Waals surface area contributed by atoms with Gasteiger partial charge in [0.2, 0.25) is 0 Å². The molecule has 0 bridgehead atoms. The summed E-state index contributed by atoms with van der Waals surface area (Å²) in [6.07, 6.45) is 1.20. The second-order valence-electron chi connectivity index (χ2n) is 5.77. The number of carbonyl (C=O) groups excluding carboxylic acids is 2. The van der Waals surface area contributed by atoms with Crippen LogP contribution in [0.2, 0.25) is 10.0 Å². The molecule has 154 valence electrons. The fraction of sp³-hybridized carbons (Fsp3) is 0. The summed E-state index contributed by atoms with van der Waals surface area (Å²) in [6.45, 7) is 0. The first-order valence-corrected chi connectivity index (χ1v) is 9.84. The lowest BCUT2D eigenvalue weighted by molar-refractivity contribution is 0.0954. The minimum Gasteiger partial charge on any atom is -0.393 e. The molecule has 0 aliphatic heterocycles. The number of nitrogen functional groups attached to an aromatic ring is 1. The molecule has 0 fully saturated rings. The molecule has 3 rings (SSSR count). The van der Waals surface area contributed by atoms with Gasteiger partial charge in [-0.05, 0) is 42.5 Å². The molecule has 30 heavy (non-hydrogen) atoms. The van der Waals surface area contributed by atoms with Crippen molar-refractivity contribution in [1.29, 1.82) is 0 Å². The number of hydrazine groups is 2. The second-order valence-corrected chi connectivity index (χ2v) is 7.53. The van der Waals surface area contributed by atoms with E-state index in [1.54, 1.807) is 24.3 Å². The molecule has 0 atom stereocenters. The van der Waals surface area contributed by atoms with Crippen molar-refractivity contribution in [2.75, 3.05) is 16.6 Å². The molecule has 0 aliphatic carbocycles. The summed E-state index contributed by atoms with van der Waals surface area (Å²) in [5.41, 5.74) is 16.8. The van der Waals surface area contributed by atoms with E-state index in [1.165, 1.54) is 24.5 Å². The molecule has 0 radical (unpaired) electrons. The van der Waals surface area contributed by atoms with Crippen LogP contribution in [0.1, 0.15) is 20.7 Å². The van der Waals surface area contributed by atoms with Crippen LogP contribution in [0.3, 0.4) is 0 Å². The summed E-state index contributed by atoms with van der Waals surface area (Å²) >= 11 is 15.1. The molecule has 0 saturated heterocycles. The van der Waals surface area contributed by atoms with E-state index in [-0.39, 0.29) is 33.8 Å². The summed E-state index contributed by atoms with van der Waals surface area (Å²) in [5, 5.41) is 0.598. The fourth-order valence-electron chi connectivity index (χ4n) is 2.24. The molecule has 0 aliphatic rings. The van der Waals surface area contributed by atoms with E-state index >= 15 is 0 Å². The van der Waals surface area contributed by atoms with Crippen molar-refractivity contribution in [2.24, 2.45) is 0 Å². The third-order valence-corrected chi connectivity index (χ3v) is 4.83. The first-order chi connectivity index (χ1) is 14.3. The Hall–Kier alpha value is -3.08. The van der Waals surface area contributed by atoms with Crippen molar-refractivity contribution in [3.63, 3.8) is 0 Å². The first kappa shape index (κ1) is 21.6. The minimum atomic E-state index is -0.521. The summed E-state index contributed by atoms with van der Waals surface area (Å²) in [5.74, 6) is -0.658. The van der Waals surface area contributed by atoms with E-state index in [9.17, 15) is 9.59 Å². The third-order valence-electron chi connectivity index (χ3n) is 3.75. The molecule has 1 heterocycles. The van der Waals surface area contributed by atoms with Crippen LogP contribution in [-0.4, -0.2) is 21.8 Å². The van der Waals surface area contributed by atoms with E-state index in [0.717, 1.165) is 4.47 Å². The average molecular weight is 511 g/mol. The van der Waals surface area contributed by atoms with Gasteiger partial charge in [0, 0.05) is 15.1 Å². The van der Waals surface area contributed by atoms with Crippen LogP contribution < -0.4 is 27.4 Å². The monoisotopic (exact) mass is 509 g/mol. The SMILES string of the molecule is Nc1c(NNC(=O)c2ccc(Br)cc2)ncnc1NNC(=O)c1ccc(Cl)cc1Cl. The average Bonchev–Trinajstić information content (AvgIpc) is 2.72. The highest BCUT2D eigenvalue weighted by Crippen LogP contribution is 2.23. The van der Waals surface area contributed by atoms with E-state index < -0.39 is 5.91 Å². The molecule has 0 spiro atoms. The van der Waals surface area contributed by atoms with Gasteiger partial charge in [-0.1, -0.05) is 39.1 Å². The van der Waals surface area contributed by atoms with Gasteiger partial charge in [0.15, 0.2) is 11.6 Å². The molecule has 9 nitrogen and oxygen atoms in total. The van der Waals surface area contributed by atoms with Crippen molar-refractivity contribution in [3.8, 4) is 0 Å². The lowest BCUT2D eigenvalue weighted by Crippen LogP contribution is -2.32. The standard InChI is InChI=1S/C18H14BrCl2N7O2/c19-10-3-1-9(2-4-10)17(29)27-25-15-14(22)16(24-8-23-15)26-28-18(30)12-6-5-11(20)7-13(12)21/h1-8H,22H2,(H,27,29)(H,28,30)(H2,23,24,25,26). The number of hydrogen-bond donors (Lipinski definition) is 5.